The molecule has 0 aliphatic carbocycles. The Morgan fingerprint density at radius 3 is 2.69 bits per heavy atom. The summed E-state index contributed by atoms with van der Waals surface area (Å²) in [6, 6.07) is 17.0. The number of rotatable bonds is 6. The number of benzene rings is 2. The zero-order valence-electron chi connectivity index (χ0n) is 15.6. The molecule has 4 rings (SSSR count). The number of hydrogen-bond acceptors (Lipinski definition) is 5. The Kier molecular flexibility index (Phi) is 5.64. The molecule has 2 heterocycles. The Balaban J connectivity index is 1.52. The molecule has 0 saturated carbocycles. The first kappa shape index (κ1) is 19.2. The van der Waals surface area contributed by atoms with E-state index in [0.717, 1.165) is 27.7 Å². The van der Waals surface area contributed by atoms with E-state index in [1.807, 2.05) is 55.5 Å². The van der Waals surface area contributed by atoms with Gasteiger partial charge in [0.05, 0.1) is 28.3 Å². The van der Waals surface area contributed by atoms with Crippen molar-refractivity contribution in [2.45, 2.75) is 13.5 Å². The van der Waals surface area contributed by atoms with Gasteiger partial charge in [-0.2, -0.15) is 10.1 Å². The Labute approximate surface area is 178 Å². The van der Waals surface area contributed by atoms with E-state index >= 15 is 0 Å². The quantitative estimate of drug-likeness (QED) is 0.419. The summed E-state index contributed by atoms with van der Waals surface area (Å²) in [5.41, 5.74) is 3.70. The van der Waals surface area contributed by atoms with Crippen LogP contribution in [0.4, 0.5) is 17.3 Å². The molecule has 0 aliphatic heterocycles. The third-order valence-corrected chi connectivity index (χ3v) is 4.92. The van der Waals surface area contributed by atoms with E-state index in [1.165, 1.54) is 0 Å². The largest absolute Gasteiger partial charge is 0.378 e. The van der Waals surface area contributed by atoms with Gasteiger partial charge in [-0.05, 0) is 36.8 Å². The van der Waals surface area contributed by atoms with Gasteiger partial charge in [0.2, 0.25) is 5.95 Å². The lowest BCUT2D eigenvalue weighted by molar-refractivity contribution is 0.813. The van der Waals surface area contributed by atoms with E-state index in [1.54, 1.807) is 23.1 Å². The monoisotopic (exact) mass is 424 g/mol. The maximum atomic E-state index is 6.20. The predicted molar refractivity (Wildman–Crippen MR) is 117 cm³/mol. The van der Waals surface area contributed by atoms with Crippen LogP contribution in [-0.2, 0) is 6.54 Å². The van der Waals surface area contributed by atoms with Crippen molar-refractivity contribution in [2.75, 3.05) is 10.6 Å². The van der Waals surface area contributed by atoms with Crippen molar-refractivity contribution in [3.63, 3.8) is 0 Å². The van der Waals surface area contributed by atoms with Crippen LogP contribution in [0.25, 0.3) is 5.82 Å². The molecular weight excluding hydrogens is 407 g/mol. The molecule has 0 atom stereocenters. The van der Waals surface area contributed by atoms with Crippen LogP contribution in [0.2, 0.25) is 10.0 Å². The zero-order chi connectivity index (χ0) is 20.2. The summed E-state index contributed by atoms with van der Waals surface area (Å²) in [6.45, 7) is 2.63. The van der Waals surface area contributed by atoms with E-state index < -0.39 is 0 Å². The Morgan fingerprint density at radius 2 is 1.86 bits per heavy atom. The molecule has 0 fully saturated rings. The van der Waals surface area contributed by atoms with Gasteiger partial charge < -0.3 is 10.6 Å². The normalized spacial score (nSPS) is 10.7. The van der Waals surface area contributed by atoms with E-state index in [4.69, 9.17) is 23.2 Å². The molecule has 0 aliphatic rings. The highest BCUT2D eigenvalue weighted by atomic mass is 35.5. The maximum absolute atomic E-state index is 6.20. The average Bonchev–Trinajstić information content (AvgIpc) is 3.09. The van der Waals surface area contributed by atoms with Gasteiger partial charge in [-0.15, -0.1) is 0 Å². The number of halogens is 2. The van der Waals surface area contributed by atoms with Crippen LogP contribution in [0, 0.1) is 6.92 Å². The van der Waals surface area contributed by atoms with E-state index in [-0.39, 0.29) is 0 Å². The Hall–Kier alpha value is -3.09. The van der Waals surface area contributed by atoms with Crippen molar-refractivity contribution >= 4 is 40.5 Å². The van der Waals surface area contributed by atoms with Crippen LogP contribution in [0.1, 0.15) is 11.3 Å². The SMILES string of the molecule is Cc1c(NCc2cccc(Cl)c2)cnn1-c1ccnc(Nc2ccccc2Cl)n1. The summed E-state index contributed by atoms with van der Waals surface area (Å²) in [4.78, 5) is 8.83. The Bertz CT molecular complexity index is 1140. The number of aromatic nitrogens is 4. The molecule has 2 N–H and O–H groups in total. The van der Waals surface area contributed by atoms with E-state index in [2.05, 4.69) is 25.7 Å². The molecule has 8 heteroatoms. The van der Waals surface area contributed by atoms with Gasteiger partial charge >= 0.3 is 0 Å². The molecule has 0 bridgehead atoms. The first-order chi connectivity index (χ1) is 14.1. The molecular formula is C21H18Cl2N6. The number of para-hydroxylation sites is 1. The average molecular weight is 425 g/mol. The highest BCUT2D eigenvalue weighted by Crippen LogP contribution is 2.24. The van der Waals surface area contributed by atoms with Gasteiger partial charge in [-0.1, -0.05) is 47.5 Å². The Morgan fingerprint density at radius 1 is 1.00 bits per heavy atom. The molecule has 2 aromatic heterocycles. The molecule has 29 heavy (non-hydrogen) atoms. The van der Waals surface area contributed by atoms with Crippen molar-refractivity contribution in [3.8, 4) is 5.82 Å². The van der Waals surface area contributed by atoms with Crippen molar-refractivity contribution < 1.29 is 0 Å². The second-order valence-corrected chi connectivity index (χ2v) is 7.23. The smallest absolute Gasteiger partial charge is 0.229 e. The highest BCUT2D eigenvalue weighted by molar-refractivity contribution is 6.33. The van der Waals surface area contributed by atoms with Crippen LogP contribution in [-0.4, -0.2) is 19.7 Å². The number of nitrogens with one attached hydrogen (secondary N) is 2. The maximum Gasteiger partial charge on any atom is 0.229 e. The molecule has 0 spiro atoms. The van der Waals surface area contributed by atoms with E-state index in [0.29, 0.717) is 23.3 Å². The van der Waals surface area contributed by atoms with Gasteiger partial charge in [0, 0.05) is 23.8 Å². The summed E-state index contributed by atoms with van der Waals surface area (Å²) >= 11 is 12.3. The second kappa shape index (κ2) is 8.51. The minimum Gasteiger partial charge on any atom is -0.378 e. The fourth-order valence-corrected chi connectivity index (χ4v) is 3.26. The highest BCUT2D eigenvalue weighted by Gasteiger charge is 2.11. The van der Waals surface area contributed by atoms with Gasteiger partial charge in [0.25, 0.3) is 0 Å². The molecule has 2 aromatic carbocycles. The summed E-state index contributed by atoms with van der Waals surface area (Å²) in [5.74, 6) is 1.10. The molecule has 6 nitrogen and oxygen atoms in total. The van der Waals surface area contributed by atoms with Crippen molar-refractivity contribution in [2.24, 2.45) is 0 Å². The minimum absolute atomic E-state index is 0.443. The van der Waals surface area contributed by atoms with Crippen molar-refractivity contribution in [1.29, 1.82) is 0 Å². The molecule has 0 amide bonds. The van der Waals surface area contributed by atoms with Crippen molar-refractivity contribution in [3.05, 3.63) is 88.3 Å². The van der Waals surface area contributed by atoms with Crippen LogP contribution in [0.3, 0.4) is 0 Å². The van der Waals surface area contributed by atoms with Crippen LogP contribution in [0.5, 0.6) is 0 Å². The minimum atomic E-state index is 0.443. The number of nitrogens with zero attached hydrogens (tertiary/aromatic N) is 4. The summed E-state index contributed by atoms with van der Waals surface area (Å²) < 4.78 is 1.76. The first-order valence-electron chi connectivity index (χ1n) is 8.98. The van der Waals surface area contributed by atoms with Gasteiger partial charge in [0.1, 0.15) is 0 Å². The fourth-order valence-electron chi connectivity index (χ4n) is 2.87. The van der Waals surface area contributed by atoms with Crippen LogP contribution >= 0.6 is 23.2 Å². The summed E-state index contributed by atoms with van der Waals surface area (Å²) in [5, 5.41) is 12.3. The fraction of sp³-hybridized carbons (Fsp3) is 0.0952. The number of hydrogen-bond donors (Lipinski definition) is 2. The summed E-state index contributed by atoms with van der Waals surface area (Å²) in [7, 11) is 0. The van der Waals surface area contributed by atoms with E-state index in [9.17, 15) is 0 Å². The molecule has 0 radical (unpaired) electrons. The lowest BCUT2D eigenvalue weighted by Gasteiger charge is -2.10. The van der Waals surface area contributed by atoms with Gasteiger partial charge in [-0.25, -0.2) is 9.67 Å². The molecule has 4 aromatic rings. The van der Waals surface area contributed by atoms with Crippen LogP contribution < -0.4 is 10.6 Å². The molecule has 0 saturated heterocycles. The lowest BCUT2D eigenvalue weighted by atomic mass is 10.2. The van der Waals surface area contributed by atoms with Crippen LogP contribution in [0.15, 0.2) is 67.0 Å². The summed E-state index contributed by atoms with van der Waals surface area (Å²) in [6.07, 6.45) is 3.46. The molecule has 0 unspecified atom stereocenters. The molecule has 146 valence electrons. The van der Waals surface area contributed by atoms with Gasteiger partial charge in [-0.3, -0.25) is 0 Å². The number of anilines is 3. The second-order valence-electron chi connectivity index (χ2n) is 6.38. The lowest BCUT2D eigenvalue weighted by Crippen LogP contribution is -2.06. The van der Waals surface area contributed by atoms with Gasteiger partial charge in [0.15, 0.2) is 5.82 Å². The third-order valence-electron chi connectivity index (χ3n) is 4.36. The predicted octanol–water partition coefficient (Wildman–Crippen LogP) is 5.63. The first-order valence-corrected chi connectivity index (χ1v) is 9.73. The topological polar surface area (TPSA) is 67.7 Å². The zero-order valence-corrected chi connectivity index (χ0v) is 17.1. The third kappa shape index (κ3) is 4.50. The van der Waals surface area contributed by atoms with Crippen molar-refractivity contribution in [1.82, 2.24) is 19.7 Å². The standard InChI is InChI=1S/C21H18Cl2N6/c1-14-19(25-12-15-5-4-6-16(22)11-15)13-26-29(14)20-9-10-24-21(28-20)27-18-8-3-2-7-17(18)23/h2-11,13,25H,12H2,1H3,(H,24,27,28).